The molecule has 1 amide bonds. The highest BCUT2D eigenvalue weighted by atomic mass is 32.1. The molecule has 1 aromatic carbocycles. The Morgan fingerprint density at radius 3 is 2.33 bits per heavy atom. The Morgan fingerprint density at radius 2 is 1.79 bits per heavy atom. The molecule has 2 aliphatic heterocycles. The lowest BCUT2D eigenvalue weighted by Crippen LogP contribution is -2.51. The molecule has 3 fully saturated rings. The molecule has 1 aliphatic carbocycles. The molecule has 12 heteroatoms. The van der Waals surface area contributed by atoms with Crippen LogP contribution in [0.5, 0.6) is 0 Å². The number of carbonyl (C=O) groups excluding carboxylic acids is 1. The van der Waals surface area contributed by atoms with Crippen molar-refractivity contribution in [3.8, 4) is 6.07 Å². The van der Waals surface area contributed by atoms with Gasteiger partial charge in [-0.3, -0.25) is 19.4 Å². The van der Waals surface area contributed by atoms with Gasteiger partial charge in [-0.25, -0.2) is 0 Å². The van der Waals surface area contributed by atoms with Gasteiger partial charge >= 0.3 is 12.1 Å². The highest BCUT2D eigenvalue weighted by molar-refractivity contribution is 7.80. The van der Waals surface area contributed by atoms with Crippen LogP contribution in [0, 0.1) is 17.2 Å². The van der Waals surface area contributed by atoms with Gasteiger partial charge < -0.3 is 14.7 Å². The van der Waals surface area contributed by atoms with E-state index in [9.17, 15) is 27.9 Å². The van der Waals surface area contributed by atoms with Crippen molar-refractivity contribution in [1.29, 1.82) is 5.26 Å². The number of nitrogens with zero attached hydrogens (tertiary/aromatic N) is 4. The van der Waals surface area contributed by atoms with Crippen LogP contribution in [0.1, 0.15) is 83.8 Å². The number of nitriles is 1. The third-order valence-electron chi connectivity index (χ3n) is 9.10. The van der Waals surface area contributed by atoms with Crippen LogP contribution in [0.15, 0.2) is 18.2 Å². The first-order valence-corrected chi connectivity index (χ1v) is 14.9. The summed E-state index contributed by atoms with van der Waals surface area (Å²) in [7, 11) is 0. The molecule has 3 aliphatic rings. The number of carbonyl (C=O) groups is 2. The number of aliphatic carboxylic acids is 1. The summed E-state index contributed by atoms with van der Waals surface area (Å²) < 4.78 is 47.1. The number of alkyl halides is 3. The predicted molar refractivity (Wildman–Crippen MR) is 155 cm³/mol. The summed E-state index contributed by atoms with van der Waals surface area (Å²) in [4.78, 5) is 29.7. The number of amides is 1. The Balaban J connectivity index is 1.34. The number of benzene rings is 1. The van der Waals surface area contributed by atoms with E-state index >= 15 is 0 Å². The number of halogens is 3. The fourth-order valence-corrected chi connectivity index (χ4v) is 7.56. The minimum Gasteiger partial charge on any atom is -0.480 e. The van der Waals surface area contributed by atoms with Gasteiger partial charge in [-0.2, -0.15) is 18.4 Å². The average molecular weight is 609 g/mol. The summed E-state index contributed by atoms with van der Waals surface area (Å²) >= 11 is 5.69. The van der Waals surface area contributed by atoms with Crippen molar-refractivity contribution in [2.24, 2.45) is 5.92 Å². The second-order valence-electron chi connectivity index (χ2n) is 12.4. The molecule has 8 nitrogen and oxygen atoms in total. The normalized spacial score (nSPS) is 28.7. The number of hydrogen-bond donors (Lipinski definition) is 1. The van der Waals surface area contributed by atoms with Crippen LogP contribution in [0.4, 0.5) is 18.9 Å². The number of piperidine rings is 1. The quantitative estimate of drug-likeness (QED) is 0.382. The van der Waals surface area contributed by atoms with Gasteiger partial charge in [-0.1, -0.05) is 0 Å². The van der Waals surface area contributed by atoms with Crippen molar-refractivity contribution in [3.05, 3.63) is 29.3 Å². The summed E-state index contributed by atoms with van der Waals surface area (Å²) in [5, 5.41) is 18.5. The van der Waals surface area contributed by atoms with Crippen molar-refractivity contribution in [1.82, 2.24) is 9.80 Å². The molecule has 0 spiro atoms. The number of rotatable bonds is 8. The Morgan fingerprint density at radius 1 is 1.17 bits per heavy atom. The van der Waals surface area contributed by atoms with Crippen LogP contribution >= 0.6 is 12.2 Å². The Kier molecular flexibility index (Phi) is 9.55. The van der Waals surface area contributed by atoms with E-state index in [2.05, 4.69) is 13.8 Å². The first kappa shape index (κ1) is 32.2. The van der Waals surface area contributed by atoms with Crippen LogP contribution in [-0.4, -0.2) is 74.8 Å². The molecule has 230 valence electrons. The van der Waals surface area contributed by atoms with Crippen molar-refractivity contribution >= 4 is 34.9 Å². The predicted octanol–water partition coefficient (Wildman–Crippen LogP) is 5.58. The molecule has 42 heavy (non-hydrogen) atoms. The van der Waals surface area contributed by atoms with Crippen molar-refractivity contribution in [3.63, 3.8) is 0 Å². The van der Waals surface area contributed by atoms with Crippen LogP contribution in [0.25, 0.3) is 0 Å². The Hall–Kier alpha value is -2.75. The van der Waals surface area contributed by atoms with Crippen LogP contribution in [-0.2, 0) is 20.5 Å². The van der Waals surface area contributed by atoms with E-state index in [0.29, 0.717) is 12.5 Å². The maximum atomic E-state index is 13.6. The van der Waals surface area contributed by atoms with Crippen molar-refractivity contribution in [2.45, 2.75) is 109 Å². The fraction of sp³-hybridized carbons (Fsp3) is 0.667. The lowest BCUT2D eigenvalue weighted by atomic mass is 9.85. The molecule has 0 aromatic heterocycles. The first-order valence-electron chi connectivity index (χ1n) is 14.5. The van der Waals surface area contributed by atoms with E-state index in [4.69, 9.17) is 22.2 Å². The molecule has 1 N–H and O–H groups in total. The molecular formula is C30H39F3N4O4S. The number of anilines is 1. The maximum absolute atomic E-state index is 13.6. The second kappa shape index (κ2) is 12.5. The van der Waals surface area contributed by atoms with Crippen molar-refractivity contribution < 1.29 is 32.6 Å². The summed E-state index contributed by atoms with van der Waals surface area (Å²) in [6, 6.07) is 5.17. The van der Waals surface area contributed by atoms with Gasteiger partial charge in [0.2, 0.25) is 0 Å². The zero-order chi connectivity index (χ0) is 31.0. The Labute approximate surface area is 250 Å². The lowest BCUT2D eigenvalue weighted by molar-refractivity contribution is -0.140. The third-order valence-corrected chi connectivity index (χ3v) is 9.48. The molecule has 1 aromatic rings. The number of carboxylic acids is 1. The monoisotopic (exact) mass is 608 g/mol. The van der Waals surface area contributed by atoms with E-state index in [1.165, 1.54) is 6.07 Å². The summed E-state index contributed by atoms with van der Waals surface area (Å²) in [6.07, 6.45) is 1.20. The third kappa shape index (κ3) is 6.58. The molecule has 4 rings (SSSR count). The summed E-state index contributed by atoms with van der Waals surface area (Å²) in [5.41, 5.74) is -2.64. The molecule has 2 atom stereocenters. The minimum atomic E-state index is -4.74. The van der Waals surface area contributed by atoms with Gasteiger partial charge in [-0.15, -0.1) is 0 Å². The Bertz CT molecular complexity index is 1230. The standard InChI is InChI=1S/C30H39F3N4O4S/c1-18-13-20(14-19(2)35(18)17-26(38)39)11-12-41-24-9-7-22(8-10-24)37-28(42)36(27(40)29(37,3)4)23-6-5-21(16-34)25(15-23)30(31,32)33/h5-6,15,18-20,22,24H,7-14,17H2,1-4H3,(H,38,39). The number of carboxylic acid groups (broad SMARTS) is 1. The van der Waals surface area contributed by atoms with E-state index in [0.717, 1.165) is 62.0 Å². The second-order valence-corrected chi connectivity index (χ2v) is 12.7. The SMILES string of the molecule is CC1CC(CCOC2CCC(N3C(=S)N(c4ccc(C#N)c(C(F)(F)F)c4)C(=O)C3(C)C)CC2)CC(C)N1CC(=O)O. The molecule has 2 unspecified atom stereocenters. The number of ether oxygens (including phenoxy) is 1. The van der Waals surface area contributed by atoms with Crippen molar-refractivity contribution in [2.75, 3.05) is 18.1 Å². The average Bonchev–Trinajstić information content (AvgIpc) is 3.08. The topological polar surface area (TPSA) is 97.1 Å². The summed E-state index contributed by atoms with van der Waals surface area (Å²) in [5.74, 6) is -0.719. The van der Waals surface area contributed by atoms with E-state index in [-0.39, 0.29) is 41.6 Å². The highest BCUT2D eigenvalue weighted by Gasteiger charge is 2.52. The largest absolute Gasteiger partial charge is 0.480 e. The van der Waals surface area contributed by atoms with Gasteiger partial charge in [0.15, 0.2) is 5.11 Å². The molecule has 2 heterocycles. The van der Waals surface area contributed by atoms with E-state index in [1.807, 2.05) is 9.80 Å². The molecule has 0 radical (unpaired) electrons. The first-order chi connectivity index (χ1) is 19.6. The highest BCUT2D eigenvalue weighted by Crippen LogP contribution is 2.41. The fourth-order valence-electron chi connectivity index (χ4n) is 7.00. The van der Waals surface area contributed by atoms with E-state index in [1.54, 1.807) is 19.9 Å². The van der Waals surface area contributed by atoms with E-state index < -0.39 is 34.7 Å². The van der Waals surface area contributed by atoms with Crippen LogP contribution in [0.3, 0.4) is 0 Å². The van der Waals surface area contributed by atoms with Crippen LogP contribution < -0.4 is 4.90 Å². The number of likely N-dealkylation sites (tertiary alicyclic amines) is 1. The molecule has 1 saturated carbocycles. The number of thiocarbonyl (C=S) groups is 1. The number of hydrogen-bond acceptors (Lipinski definition) is 6. The minimum absolute atomic E-state index is 0.00125. The molecule has 0 bridgehead atoms. The smallest absolute Gasteiger partial charge is 0.417 e. The zero-order valence-electron chi connectivity index (χ0n) is 24.5. The van der Waals surface area contributed by atoms with Gasteiger partial charge in [0.25, 0.3) is 5.91 Å². The van der Waals surface area contributed by atoms with Gasteiger partial charge in [-0.05, 0) is 109 Å². The van der Waals surface area contributed by atoms with Gasteiger partial charge in [0.1, 0.15) is 5.54 Å². The molecular weight excluding hydrogens is 569 g/mol. The van der Waals surface area contributed by atoms with Gasteiger partial charge in [0.05, 0.1) is 35.5 Å². The molecule has 2 saturated heterocycles. The van der Waals surface area contributed by atoms with Gasteiger partial charge in [0, 0.05) is 24.7 Å². The summed E-state index contributed by atoms with van der Waals surface area (Å²) in [6.45, 7) is 8.35. The maximum Gasteiger partial charge on any atom is 0.417 e. The lowest BCUT2D eigenvalue weighted by Gasteiger charge is -2.42. The van der Waals surface area contributed by atoms with Crippen LogP contribution in [0.2, 0.25) is 0 Å². The zero-order valence-corrected chi connectivity index (χ0v) is 25.3.